The number of carboxylic acid groups (broad SMARTS) is 1. The van der Waals surface area contributed by atoms with E-state index in [1.165, 1.54) is 6.92 Å². The highest BCUT2D eigenvalue weighted by Gasteiger charge is 2.10. The third-order valence-electron chi connectivity index (χ3n) is 3.63. The quantitative estimate of drug-likeness (QED) is 0.189. The largest absolute Gasteiger partial charge is 1.00 e. The molecule has 0 saturated carbocycles. The van der Waals surface area contributed by atoms with Gasteiger partial charge in [-0.25, -0.2) is 9.59 Å². The van der Waals surface area contributed by atoms with Crippen molar-refractivity contribution in [3.8, 4) is 0 Å². The van der Waals surface area contributed by atoms with Crippen molar-refractivity contribution in [1.29, 1.82) is 0 Å². The Morgan fingerprint density at radius 1 is 0.824 bits per heavy atom. The van der Waals surface area contributed by atoms with Crippen molar-refractivity contribution in [2.24, 2.45) is 5.73 Å². The van der Waals surface area contributed by atoms with Crippen LogP contribution in [-0.4, -0.2) is 102 Å². The van der Waals surface area contributed by atoms with E-state index < -0.39 is 5.97 Å². The van der Waals surface area contributed by atoms with Crippen LogP contribution in [-0.2, 0) is 23.9 Å². The number of carboxylic acids is 1. The number of halogens is 1. The van der Waals surface area contributed by atoms with E-state index in [1.807, 2.05) is 0 Å². The van der Waals surface area contributed by atoms with E-state index in [2.05, 4.69) is 55.4 Å². The number of carbonyl (C=O) groups excluding carboxylic acids is 3. The lowest BCUT2D eigenvalue weighted by molar-refractivity contribution is -0.870. The Bertz CT molecular complexity index is 635. The van der Waals surface area contributed by atoms with Crippen LogP contribution in [0.15, 0.2) is 36.0 Å². The maximum atomic E-state index is 10.9. The molecule has 0 aromatic carbocycles. The normalized spacial score (nSPS) is 10.8. The minimum absolute atomic E-state index is 0. The molecule has 0 spiro atoms. The van der Waals surface area contributed by atoms with Gasteiger partial charge in [0.25, 0.3) is 0 Å². The Kier molecular flexibility index (Phi) is 23.2. The summed E-state index contributed by atoms with van der Waals surface area (Å²) in [5, 5.41) is 9.98. The van der Waals surface area contributed by atoms with Crippen molar-refractivity contribution < 1.29 is 50.3 Å². The van der Waals surface area contributed by atoms with Gasteiger partial charge in [-0.05, 0) is 39.3 Å². The predicted octanol–water partition coefficient (Wildman–Crippen LogP) is -2.34. The van der Waals surface area contributed by atoms with Crippen LogP contribution in [0.4, 0.5) is 0 Å². The summed E-state index contributed by atoms with van der Waals surface area (Å²) in [6.45, 7) is 14.8. The second-order valence-electron chi connectivity index (χ2n) is 9.61. The van der Waals surface area contributed by atoms with Gasteiger partial charge in [-0.3, -0.25) is 0 Å². The number of hydrogen-bond donors (Lipinski definition) is 1. The van der Waals surface area contributed by atoms with Crippen LogP contribution >= 0.6 is 0 Å². The highest BCUT2D eigenvalue weighted by molar-refractivity contribution is 5.87. The molecule has 0 heterocycles. The minimum atomic E-state index is -1.12. The summed E-state index contributed by atoms with van der Waals surface area (Å²) in [4.78, 5) is 31.8. The van der Waals surface area contributed by atoms with E-state index in [0.29, 0.717) is 37.3 Å². The summed E-state index contributed by atoms with van der Waals surface area (Å²) in [5.74, 6) is -1.73. The van der Waals surface area contributed by atoms with Crippen LogP contribution in [0.25, 0.3) is 0 Å². The lowest BCUT2D eigenvalue weighted by atomic mass is 10.2. The Morgan fingerprint density at radius 2 is 1.15 bits per heavy atom. The minimum Gasteiger partial charge on any atom is -1.00 e. The van der Waals surface area contributed by atoms with Gasteiger partial charge in [-0.2, -0.15) is 0 Å². The average molecular weight is 508 g/mol. The molecule has 0 fully saturated rings. The molecule has 0 amide bonds. The maximum Gasteiger partial charge on any atom is 0.333 e. The molecule has 0 aromatic heterocycles. The Morgan fingerprint density at radius 3 is 1.35 bits per heavy atom. The van der Waals surface area contributed by atoms with E-state index in [0.717, 1.165) is 22.1 Å². The summed E-state index contributed by atoms with van der Waals surface area (Å²) in [6.07, 6.45) is 2.15. The molecule has 0 rings (SSSR count). The molecule has 0 atom stereocenters. The van der Waals surface area contributed by atoms with Crippen molar-refractivity contribution in [2.75, 3.05) is 75.1 Å². The van der Waals surface area contributed by atoms with Gasteiger partial charge in [-0.15, -0.1) is 0 Å². The highest BCUT2D eigenvalue weighted by Crippen LogP contribution is 1.95. The van der Waals surface area contributed by atoms with E-state index in [-0.39, 0.29) is 29.9 Å². The van der Waals surface area contributed by atoms with Crippen molar-refractivity contribution in [3.63, 3.8) is 0 Å². The second kappa shape index (κ2) is 20.2. The van der Waals surface area contributed by atoms with Crippen LogP contribution in [0.5, 0.6) is 0 Å². The first-order valence-corrected chi connectivity index (χ1v) is 10.7. The number of likely N-dealkylation sites (N-methyl/N-ethyl adjacent to an activating group) is 2. The monoisotopic (exact) mass is 507 g/mol. The van der Waals surface area contributed by atoms with E-state index in [9.17, 15) is 19.5 Å². The summed E-state index contributed by atoms with van der Waals surface area (Å²) in [6, 6.07) is 0. The molecule has 0 aromatic rings. The summed E-state index contributed by atoms with van der Waals surface area (Å²) in [5.41, 5.74) is 6.28. The topological polar surface area (TPSA) is 119 Å². The fourth-order valence-corrected chi connectivity index (χ4v) is 1.45. The first-order valence-electron chi connectivity index (χ1n) is 10.7. The van der Waals surface area contributed by atoms with Gasteiger partial charge < -0.3 is 46.5 Å². The van der Waals surface area contributed by atoms with Crippen molar-refractivity contribution in [2.45, 2.75) is 27.2 Å². The number of aliphatic carboxylic acids is 1. The van der Waals surface area contributed by atoms with Crippen LogP contribution in [0.3, 0.4) is 0 Å². The molecule has 10 heteroatoms. The smallest absolute Gasteiger partial charge is 0.333 e. The standard InChI is InChI=1S/2C9H18NO2.C6H11NO2.ClH/c2*1-8(2)9(11)12-7-6-10(3,4)5;1-5(6(8)9)3-2-4-7;/h2*1,6-7H2,2-5H3;3H,2,4,7H2,1H3,(H,8,9);1H/q2*+1;;/p-2. The lowest BCUT2D eigenvalue weighted by Gasteiger charge is -2.23. The zero-order chi connectivity index (χ0) is 26.8. The molecular formula is C24H46ClN3O6. The molecule has 34 heavy (non-hydrogen) atoms. The number of nitrogens with two attached hydrogens (primary N) is 1. The number of carbonyl (C=O) groups is 3. The van der Waals surface area contributed by atoms with Gasteiger partial charge in [0.2, 0.25) is 0 Å². The van der Waals surface area contributed by atoms with Crippen LogP contribution < -0.4 is 23.2 Å². The zero-order valence-corrected chi connectivity index (χ0v) is 23.3. The number of esters is 2. The molecule has 0 aliphatic heterocycles. The predicted molar refractivity (Wildman–Crippen MR) is 130 cm³/mol. The molecular weight excluding hydrogens is 462 g/mol. The Balaban J connectivity index is -0.000000198. The second-order valence-corrected chi connectivity index (χ2v) is 9.61. The summed E-state index contributed by atoms with van der Waals surface area (Å²) >= 11 is 0. The van der Waals surface area contributed by atoms with Crippen LogP contribution in [0, 0.1) is 0 Å². The number of quaternary nitrogens is 2. The molecule has 2 N–H and O–H groups in total. The van der Waals surface area contributed by atoms with Crippen molar-refractivity contribution in [3.05, 3.63) is 36.0 Å². The number of nitrogens with zero attached hydrogens (tertiary/aromatic N) is 2. The van der Waals surface area contributed by atoms with Gasteiger partial charge in [0.15, 0.2) is 0 Å². The SMILES string of the molecule is C=C(C)C(=O)OCC[N+](C)(C)C.C=C(C)C(=O)OCC[N+](C)(C)C.CC(=CCCN)C(=O)[O-].[Cl-]. The summed E-state index contributed by atoms with van der Waals surface area (Å²) < 4.78 is 11.4. The van der Waals surface area contributed by atoms with E-state index >= 15 is 0 Å². The Hall–Kier alpha value is -2.20. The molecule has 200 valence electrons. The molecule has 9 nitrogen and oxygen atoms in total. The molecule has 0 radical (unpaired) electrons. The van der Waals surface area contributed by atoms with E-state index in [1.54, 1.807) is 19.9 Å². The molecule has 0 saturated heterocycles. The fourth-order valence-electron chi connectivity index (χ4n) is 1.45. The van der Waals surface area contributed by atoms with Crippen LogP contribution in [0.2, 0.25) is 0 Å². The molecule has 0 unspecified atom stereocenters. The molecule has 0 bridgehead atoms. The third-order valence-corrected chi connectivity index (χ3v) is 3.63. The number of rotatable bonds is 11. The number of hydrogen-bond acceptors (Lipinski definition) is 7. The maximum absolute atomic E-state index is 10.9. The van der Waals surface area contributed by atoms with Gasteiger partial charge >= 0.3 is 11.9 Å². The van der Waals surface area contributed by atoms with Crippen molar-refractivity contribution >= 4 is 17.9 Å². The first-order chi connectivity index (χ1) is 14.8. The Labute approximate surface area is 212 Å². The molecule has 0 aliphatic carbocycles. The molecule has 0 aliphatic rings. The van der Waals surface area contributed by atoms with Gasteiger partial charge in [0.05, 0.1) is 48.3 Å². The van der Waals surface area contributed by atoms with E-state index in [4.69, 9.17) is 15.2 Å². The van der Waals surface area contributed by atoms with Crippen LogP contribution in [0.1, 0.15) is 27.2 Å². The fraction of sp³-hybridized carbons (Fsp3) is 0.625. The third kappa shape index (κ3) is 32.0. The lowest BCUT2D eigenvalue weighted by Crippen LogP contribution is -3.00. The zero-order valence-electron chi connectivity index (χ0n) is 22.5. The number of ether oxygens (including phenoxy) is 2. The highest BCUT2D eigenvalue weighted by atomic mass is 35.5. The van der Waals surface area contributed by atoms with Gasteiger partial charge in [-0.1, -0.05) is 19.2 Å². The average Bonchev–Trinajstić information content (AvgIpc) is 2.64. The first kappa shape index (κ1) is 39.0. The van der Waals surface area contributed by atoms with Crippen molar-refractivity contribution in [1.82, 2.24) is 0 Å². The van der Waals surface area contributed by atoms with Gasteiger partial charge in [0, 0.05) is 11.1 Å². The van der Waals surface area contributed by atoms with Gasteiger partial charge in [0.1, 0.15) is 26.3 Å². The summed E-state index contributed by atoms with van der Waals surface area (Å²) in [7, 11) is 12.3.